The zero-order valence-corrected chi connectivity index (χ0v) is 17.8. The van der Waals surface area contributed by atoms with Crippen molar-refractivity contribution in [3.05, 3.63) is 65.0 Å². The van der Waals surface area contributed by atoms with E-state index in [1.165, 1.54) is 5.56 Å². The van der Waals surface area contributed by atoms with Crippen LogP contribution in [0, 0.1) is 12.8 Å². The van der Waals surface area contributed by atoms with Gasteiger partial charge in [-0.05, 0) is 74.9 Å². The van der Waals surface area contributed by atoms with E-state index in [1.807, 2.05) is 12.2 Å². The van der Waals surface area contributed by atoms with E-state index in [0.29, 0.717) is 11.8 Å². The molecule has 1 aromatic rings. The minimum absolute atomic E-state index is 0.436. The van der Waals surface area contributed by atoms with Crippen molar-refractivity contribution in [1.29, 1.82) is 0 Å². The van der Waals surface area contributed by atoms with Gasteiger partial charge >= 0.3 is 0 Å². The van der Waals surface area contributed by atoms with Gasteiger partial charge < -0.3 is 5.73 Å². The highest BCUT2D eigenvalue weighted by Crippen LogP contribution is 2.27. The molecule has 1 rings (SSSR count). The van der Waals surface area contributed by atoms with E-state index in [-0.39, 0.29) is 0 Å². The van der Waals surface area contributed by atoms with E-state index in [9.17, 15) is 0 Å². The van der Waals surface area contributed by atoms with Gasteiger partial charge in [-0.2, -0.15) is 0 Å². The van der Waals surface area contributed by atoms with Crippen molar-refractivity contribution in [3.63, 3.8) is 0 Å². The number of hydrogen-bond donors (Lipinski definition) is 1. The van der Waals surface area contributed by atoms with E-state index in [0.717, 1.165) is 47.4 Å². The Hall–Kier alpha value is -2.42. The maximum absolute atomic E-state index is 5.63. The van der Waals surface area contributed by atoms with Crippen LogP contribution in [0.2, 0.25) is 0 Å². The molecule has 0 radical (unpaired) electrons. The van der Waals surface area contributed by atoms with Crippen LogP contribution in [0.5, 0.6) is 0 Å². The van der Waals surface area contributed by atoms with E-state index in [1.54, 1.807) is 13.1 Å². The molecule has 0 spiro atoms. The number of aliphatic imine (C=N–C) groups is 2. The van der Waals surface area contributed by atoms with Crippen molar-refractivity contribution in [1.82, 2.24) is 0 Å². The lowest BCUT2D eigenvalue weighted by Crippen LogP contribution is -2.07. The SMILES string of the molecule is C=Cc1ccc(/C(C)=N/C(=C(C)/C=C\N=C(/C)N)C(CC)CCC)cc1C. The Morgan fingerprint density at radius 1 is 1.22 bits per heavy atom. The lowest BCUT2D eigenvalue weighted by molar-refractivity contribution is 0.527. The molecule has 0 saturated carbocycles. The summed E-state index contributed by atoms with van der Waals surface area (Å²) in [7, 11) is 0. The number of allylic oxidation sites excluding steroid dienone is 3. The van der Waals surface area contributed by atoms with Gasteiger partial charge in [-0.25, -0.2) is 4.99 Å². The topological polar surface area (TPSA) is 50.7 Å². The molecule has 0 fully saturated rings. The molecule has 3 heteroatoms. The quantitative estimate of drug-likeness (QED) is 0.305. The molecule has 2 N–H and O–H groups in total. The van der Waals surface area contributed by atoms with Crippen molar-refractivity contribution in [3.8, 4) is 0 Å². The molecule has 146 valence electrons. The van der Waals surface area contributed by atoms with Crippen LogP contribution in [-0.4, -0.2) is 11.5 Å². The second-order valence-electron chi connectivity index (χ2n) is 7.02. The predicted molar refractivity (Wildman–Crippen MR) is 121 cm³/mol. The molecule has 0 saturated heterocycles. The van der Waals surface area contributed by atoms with Gasteiger partial charge in [0.25, 0.3) is 0 Å². The van der Waals surface area contributed by atoms with Crippen LogP contribution in [0.1, 0.15) is 70.6 Å². The van der Waals surface area contributed by atoms with E-state index in [2.05, 4.69) is 64.4 Å². The summed E-state index contributed by atoms with van der Waals surface area (Å²) in [6.45, 7) is 16.4. The van der Waals surface area contributed by atoms with Crippen LogP contribution in [0.3, 0.4) is 0 Å². The third-order valence-corrected chi connectivity index (χ3v) is 4.72. The zero-order valence-electron chi connectivity index (χ0n) is 17.8. The number of nitrogens with zero attached hydrogens (tertiary/aromatic N) is 2. The van der Waals surface area contributed by atoms with Crippen LogP contribution in [0.15, 0.2) is 58.3 Å². The number of benzene rings is 1. The second kappa shape index (κ2) is 11.3. The molecule has 0 amide bonds. The highest BCUT2D eigenvalue weighted by molar-refractivity contribution is 5.99. The first-order valence-electron chi connectivity index (χ1n) is 9.79. The lowest BCUT2D eigenvalue weighted by atomic mass is 9.93. The number of hydrogen-bond acceptors (Lipinski definition) is 2. The molecule has 1 atom stereocenters. The summed E-state index contributed by atoms with van der Waals surface area (Å²) in [5.74, 6) is 0.991. The average Bonchev–Trinajstić information content (AvgIpc) is 2.63. The van der Waals surface area contributed by atoms with Gasteiger partial charge in [0.05, 0.1) is 5.84 Å². The van der Waals surface area contributed by atoms with Crippen LogP contribution < -0.4 is 5.73 Å². The molecule has 1 unspecified atom stereocenters. The third kappa shape index (κ3) is 7.01. The molecule has 0 aromatic heterocycles. The van der Waals surface area contributed by atoms with Crippen molar-refractivity contribution in [2.24, 2.45) is 21.6 Å². The van der Waals surface area contributed by atoms with Crippen molar-refractivity contribution in [2.45, 2.75) is 60.8 Å². The first kappa shape index (κ1) is 22.6. The number of nitrogens with two attached hydrogens (primary N) is 1. The highest BCUT2D eigenvalue weighted by Gasteiger charge is 2.14. The van der Waals surface area contributed by atoms with Crippen LogP contribution in [0.25, 0.3) is 6.08 Å². The van der Waals surface area contributed by atoms with Crippen LogP contribution in [-0.2, 0) is 0 Å². The standard InChI is InChI=1S/C24H35N3/c1-8-11-22(10-3)24(17(4)14-15-26-20(7)25)27-19(6)23-13-12-21(9-2)18(5)16-23/h9,12-16,22H,2,8,10-11H2,1,3-7H3,(H2,25,26)/b15-14-,24-17+,27-19+. The summed E-state index contributed by atoms with van der Waals surface area (Å²) < 4.78 is 0. The maximum Gasteiger partial charge on any atom is 0.0957 e. The molecule has 0 aliphatic heterocycles. The van der Waals surface area contributed by atoms with Gasteiger partial charge in [-0.3, -0.25) is 4.99 Å². The Kier molecular flexibility index (Phi) is 9.49. The number of amidine groups is 1. The van der Waals surface area contributed by atoms with Gasteiger partial charge in [0.2, 0.25) is 0 Å². The van der Waals surface area contributed by atoms with Crippen LogP contribution >= 0.6 is 0 Å². The first-order chi connectivity index (χ1) is 12.8. The van der Waals surface area contributed by atoms with Crippen LogP contribution in [0.4, 0.5) is 0 Å². The van der Waals surface area contributed by atoms with Gasteiger partial charge in [0.15, 0.2) is 0 Å². The van der Waals surface area contributed by atoms with Gasteiger partial charge in [0, 0.05) is 23.5 Å². The fourth-order valence-corrected chi connectivity index (χ4v) is 3.11. The van der Waals surface area contributed by atoms with Crippen molar-refractivity contribution in [2.75, 3.05) is 0 Å². The van der Waals surface area contributed by atoms with Crippen molar-refractivity contribution < 1.29 is 0 Å². The summed E-state index contributed by atoms with van der Waals surface area (Å²) in [6.07, 6.45) is 8.99. The molecule has 3 nitrogen and oxygen atoms in total. The highest BCUT2D eigenvalue weighted by atomic mass is 14.8. The Morgan fingerprint density at radius 3 is 2.44 bits per heavy atom. The lowest BCUT2D eigenvalue weighted by Gasteiger charge is -2.18. The second-order valence-corrected chi connectivity index (χ2v) is 7.02. The minimum atomic E-state index is 0.436. The molecule has 0 heterocycles. The van der Waals surface area contributed by atoms with Gasteiger partial charge in [0.1, 0.15) is 0 Å². The van der Waals surface area contributed by atoms with E-state index in [4.69, 9.17) is 10.7 Å². The van der Waals surface area contributed by atoms with E-state index >= 15 is 0 Å². The third-order valence-electron chi connectivity index (χ3n) is 4.72. The Bertz CT molecular complexity index is 760. The normalized spacial score (nSPS) is 15.0. The summed E-state index contributed by atoms with van der Waals surface area (Å²) in [5, 5.41) is 0. The Balaban J connectivity index is 3.38. The fraction of sp³-hybridized carbons (Fsp3) is 0.417. The maximum atomic E-state index is 5.63. The number of aryl methyl sites for hydroxylation is 1. The Morgan fingerprint density at radius 2 is 1.93 bits per heavy atom. The fourth-order valence-electron chi connectivity index (χ4n) is 3.11. The molecular weight excluding hydrogens is 330 g/mol. The molecule has 1 aromatic carbocycles. The van der Waals surface area contributed by atoms with E-state index < -0.39 is 0 Å². The summed E-state index contributed by atoms with van der Waals surface area (Å²) >= 11 is 0. The average molecular weight is 366 g/mol. The van der Waals surface area contributed by atoms with Gasteiger partial charge in [-0.15, -0.1) is 0 Å². The molecule has 27 heavy (non-hydrogen) atoms. The molecular formula is C24H35N3. The largest absolute Gasteiger partial charge is 0.387 e. The summed E-state index contributed by atoms with van der Waals surface area (Å²) in [6, 6.07) is 6.41. The zero-order chi connectivity index (χ0) is 20.4. The predicted octanol–water partition coefficient (Wildman–Crippen LogP) is 6.44. The minimum Gasteiger partial charge on any atom is -0.387 e. The summed E-state index contributed by atoms with van der Waals surface area (Å²) in [5.41, 5.74) is 12.5. The van der Waals surface area contributed by atoms with Gasteiger partial charge in [-0.1, -0.05) is 45.1 Å². The number of rotatable bonds is 9. The summed E-state index contributed by atoms with van der Waals surface area (Å²) in [4.78, 5) is 9.24. The monoisotopic (exact) mass is 365 g/mol. The molecule has 0 aliphatic rings. The Labute approximate surface area is 165 Å². The smallest absolute Gasteiger partial charge is 0.0957 e. The molecule has 0 aliphatic carbocycles. The first-order valence-corrected chi connectivity index (χ1v) is 9.79. The molecule has 0 bridgehead atoms. The van der Waals surface area contributed by atoms with Crippen molar-refractivity contribution >= 4 is 17.6 Å².